The molecule has 162 valence electrons. The Morgan fingerprint density at radius 1 is 1.06 bits per heavy atom. The molecule has 0 radical (unpaired) electrons. The molecule has 4 rings (SSSR count). The van der Waals surface area contributed by atoms with Gasteiger partial charge in [-0.05, 0) is 61.4 Å². The van der Waals surface area contributed by atoms with Crippen LogP contribution in [0.4, 0.5) is 0 Å². The van der Waals surface area contributed by atoms with Crippen LogP contribution >= 0.6 is 11.8 Å². The van der Waals surface area contributed by atoms with E-state index >= 15 is 0 Å². The fraction of sp³-hybridized carbons (Fsp3) is 0.400. The van der Waals surface area contributed by atoms with Gasteiger partial charge in [0.05, 0.1) is 22.3 Å². The molecule has 1 fully saturated rings. The first-order valence-electron chi connectivity index (χ1n) is 10.8. The van der Waals surface area contributed by atoms with Gasteiger partial charge in [0.2, 0.25) is 5.91 Å². The molecule has 31 heavy (non-hydrogen) atoms. The fourth-order valence-electron chi connectivity index (χ4n) is 4.48. The second kappa shape index (κ2) is 8.87. The Morgan fingerprint density at radius 3 is 2.52 bits per heavy atom. The highest BCUT2D eigenvalue weighted by Crippen LogP contribution is 2.26. The monoisotopic (exact) mass is 435 g/mol. The molecule has 1 aromatic heterocycles. The molecule has 1 aliphatic heterocycles. The minimum Gasteiger partial charge on any atom is -0.341 e. The zero-order valence-electron chi connectivity index (χ0n) is 18.6. The summed E-state index contributed by atoms with van der Waals surface area (Å²) in [6, 6.07) is 13.3. The number of thioether (sulfide) groups is 1. The molecule has 0 saturated carbocycles. The third kappa shape index (κ3) is 4.40. The van der Waals surface area contributed by atoms with Crippen molar-refractivity contribution in [1.82, 2.24) is 14.5 Å². The number of benzene rings is 2. The maximum Gasteiger partial charge on any atom is 0.266 e. The van der Waals surface area contributed by atoms with Crippen LogP contribution in [0.5, 0.6) is 0 Å². The Bertz CT molecular complexity index is 1180. The lowest BCUT2D eigenvalue weighted by Crippen LogP contribution is -2.43. The maximum absolute atomic E-state index is 13.5. The average molecular weight is 436 g/mol. The fourth-order valence-corrected chi connectivity index (χ4v) is 5.39. The van der Waals surface area contributed by atoms with Crippen molar-refractivity contribution >= 4 is 28.6 Å². The molecule has 1 aliphatic rings. The summed E-state index contributed by atoms with van der Waals surface area (Å²) in [6.45, 7) is 10.1. The molecular formula is C25H29N3O2S. The van der Waals surface area contributed by atoms with E-state index in [1.165, 1.54) is 11.8 Å². The van der Waals surface area contributed by atoms with Crippen LogP contribution in [0.3, 0.4) is 0 Å². The lowest BCUT2D eigenvalue weighted by Gasteiger charge is -2.35. The average Bonchev–Trinajstić information content (AvgIpc) is 2.74. The van der Waals surface area contributed by atoms with Crippen molar-refractivity contribution in [1.29, 1.82) is 0 Å². The number of fused-ring (bicyclic) bond motifs is 1. The standard InChI is InChI=1S/C25H29N3O2S/c1-16-12-17(2)14-27(13-16)23(29)15-31-25-26-21-10-6-5-9-20(21)24(30)28(25)22-11-7-8-18(3)19(22)4/h5-11,16-17H,12-15H2,1-4H3. The Labute approximate surface area is 187 Å². The van der Waals surface area contributed by atoms with E-state index in [0.717, 1.165) is 36.3 Å². The molecule has 1 amide bonds. The molecule has 2 heterocycles. The quantitative estimate of drug-likeness (QED) is 0.444. The molecule has 2 unspecified atom stereocenters. The van der Waals surface area contributed by atoms with Crippen LogP contribution in [0, 0.1) is 25.7 Å². The van der Waals surface area contributed by atoms with Gasteiger partial charge in [-0.2, -0.15) is 0 Å². The molecule has 3 aromatic rings. The van der Waals surface area contributed by atoms with Gasteiger partial charge in [0.25, 0.3) is 5.56 Å². The topological polar surface area (TPSA) is 55.2 Å². The Kier molecular flexibility index (Phi) is 6.19. The summed E-state index contributed by atoms with van der Waals surface area (Å²) >= 11 is 1.35. The highest BCUT2D eigenvalue weighted by molar-refractivity contribution is 7.99. The minimum atomic E-state index is -0.102. The van der Waals surface area contributed by atoms with Crippen molar-refractivity contribution < 1.29 is 4.79 Å². The van der Waals surface area contributed by atoms with Crippen molar-refractivity contribution in [3.05, 3.63) is 63.9 Å². The van der Waals surface area contributed by atoms with Gasteiger partial charge in [-0.1, -0.05) is 49.9 Å². The number of carbonyl (C=O) groups excluding carboxylic acids is 1. The zero-order chi connectivity index (χ0) is 22.1. The van der Waals surface area contributed by atoms with Crippen molar-refractivity contribution in [2.45, 2.75) is 39.3 Å². The Balaban J connectivity index is 1.72. The minimum absolute atomic E-state index is 0.102. The van der Waals surface area contributed by atoms with Gasteiger partial charge in [0.1, 0.15) is 0 Å². The van der Waals surface area contributed by atoms with Crippen LogP contribution in [0.2, 0.25) is 0 Å². The van der Waals surface area contributed by atoms with Gasteiger partial charge < -0.3 is 4.90 Å². The van der Waals surface area contributed by atoms with Gasteiger partial charge in [-0.15, -0.1) is 0 Å². The smallest absolute Gasteiger partial charge is 0.266 e. The number of aromatic nitrogens is 2. The first-order chi connectivity index (χ1) is 14.8. The number of hydrogen-bond acceptors (Lipinski definition) is 4. The first kappa shape index (κ1) is 21.6. The molecule has 5 nitrogen and oxygen atoms in total. The van der Waals surface area contributed by atoms with Gasteiger partial charge in [0.15, 0.2) is 5.16 Å². The molecule has 0 N–H and O–H groups in total. The number of nitrogens with zero attached hydrogens (tertiary/aromatic N) is 3. The lowest BCUT2D eigenvalue weighted by atomic mass is 9.92. The summed E-state index contributed by atoms with van der Waals surface area (Å²) in [5.74, 6) is 1.42. The van der Waals surface area contributed by atoms with E-state index in [9.17, 15) is 9.59 Å². The van der Waals surface area contributed by atoms with Gasteiger partial charge >= 0.3 is 0 Å². The largest absolute Gasteiger partial charge is 0.341 e. The highest BCUT2D eigenvalue weighted by atomic mass is 32.2. The molecule has 0 spiro atoms. The summed E-state index contributed by atoms with van der Waals surface area (Å²) < 4.78 is 1.67. The summed E-state index contributed by atoms with van der Waals surface area (Å²) in [5.41, 5.74) is 3.52. The van der Waals surface area contributed by atoms with Gasteiger partial charge in [-0.3, -0.25) is 14.2 Å². The molecule has 0 bridgehead atoms. The number of para-hydroxylation sites is 1. The van der Waals surface area contributed by atoms with E-state index in [-0.39, 0.29) is 17.2 Å². The SMILES string of the molecule is Cc1cccc(-n2c(SCC(=O)N3CC(C)CC(C)C3)nc3ccccc3c2=O)c1C. The lowest BCUT2D eigenvalue weighted by molar-refractivity contribution is -0.130. The van der Waals surface area contributed by atoms with Gasteiger partial charge in [-0.25, -0.2) is 4.98 Å². The van der Waals surface area contributed by atoms with Crippen LogP contribution in [0.25, 0.3) is 16.6 Å². The number of hydrogen-bond donors (Lipinski definition) is 0. The maximum atomic E-state index is 13.5. The van der Waals surface area contributed by atoms with E-state index in [2.05, 4.69) is 13.8 Å². The molecule has 1 saturated heterocycles. The number of carbonyl (C=O) groups is 1. The first-order valence-corrected chi connectivity index (χ1v) is 11.8. The third-order valence-electron chi connectivity index (χ3n) is 6.11. The summed E-state index contributed by atoms with van der Waals surface area (Å²) in [7, 11) is 0. The second-order valence-electron chi connectivity index (χ2n) is 8.80. The van der Waals surface area contributed by atoms with Crippen molar-refractivity contribution in [3.8, 4) is 5.69 Å². The summed E-state index contributed by atoms with van der Waals surface area (Å²) in [4.78, 5) is 33.2. The number of amides is 1. The molecule has 2 aromatic carbocycles. The van der Waals surface area contributed by atoms with E-state index in [1.54, 1.807) is 4.57 Å². The van der Waals surface area contributed by atoms with Crippen LogP contribution in [0.15, 0.2) is 52.4 Å². The zero-order valence-corrected chi connectivity index (χ0v) is 19.4. The Hall–Kier alpha value is -2.60. The Morgan fingerprint density at radius 2 is 1.77 bits per heavy atom. The number of likely N-dealkylation sites (tertiary alicyclic amines) is 1. The van der Waals surface area contributed by atoms with Crippen LogP contribution < -0.4 is 5.56 Å². The van der Waals surface area contributed by atoms with E-state index in [1.807, 2.05) is 61.2 Å². The predicted octanol–water partition coefficient (Wildman–Crippen LogP) is 4.60. The van der Waals surface area contributed by atoms with Crippen LogP contribution in [-0.2, 0) is 4.79 Å². The molecule has 0 aliphatic carbocycles. The molecule has 6 heteroatoms. The summed E-state index contributed by atoms with van der Waals surface area (Å²) in [6.07, 6.45) is 1.16. The predicted molar refractivity (Wildman–Crippen MR) is 127 cm³/mol. The van der Waals surface area contributed by atoms with E-state index in [4.69, 9.17) is 4.98 Å². The number of aryl methyl sites for hydroxylation is 1. The van der Waals surface area contributed by atoms with Crippen molar-refractivity contribution in [2.75, 3.05) is 18.8 Å². The molecule has 2 atom stereocenters. The van der Waals surface area contributed by atoms with Crippen LogP contribution in [0.1, 0.15) is 31.4 Å². The molecular weight excluding hydrogens is 406 g/mol. The van der Waals surface area contributed by atoms with Crippen molar-refractivity contribution in [2.24, 2.45) is 11.8 Å². The number of piperidine rings is 1. The van der Waals surface area contributed by atoms with E-state index < -0.39 is 0 Å². The number of rotatable bonds is 4. The third-order valence-corrected chi connectivity index (χ3v) is 7.03. The van der Waals surface area contributed by atoms with Crippen molar-refractivity contribution in [3.63, 3.8) is 0 Å². The van der Waals surface area contributed by atoms with E-state index in [0.29, 0.717) is 27.9 Å². The highest BCUT2D eigenvalue weighted by Gasteiger charge is 2.26. The van der Waals surface area contributed by atoms with Gasteiger partial charge in [0, 0.05) is 13.1 Å². The van der Waals surface area contributed by atoms with Crippen LogP contribution in [-0.4, -0.2) is 39.2 Å². The normalized spacial score (nSPS) is 19.0. The second-order valence-corrected chi connectivity index (χ2v) is 9.75. The summed E-state index contributed by atoms with van der Waals surface area (Å²) in [5, 5.41) is 1.14.